The molecule has 8 rings (SSSR count). The van der Waals surface area contributed by atoms with Crippen molar-refractivity contribution in [2.24, 2.45) is 5.41 Å². The molecule has 3 aromatic carbocycles. The first kappa shape index (κ1) is 46.1. The molecule has 1 saturated carbocycles. The van der Waals surface area contributed by atoms with Crippen molar-refractivity contribution < 1.29 is 46.9 Å². The summed E-state index contributed by atoms with van der Waals surface area (Å²) in [6.07, 6.45) is 1.04. The number of alkyl halides is 3. The molecule has 2 aromatic heterocycles. The number of ketones is 1. The van der Waals surface area contributed by atoms with Crippen LogP contribution in [0.3, 0.4) is 0 Å². The van der Waals surface area contributed by atoms with E-state index in [1.807, 2.05) is 42.6 Å². The molecule has 5 aromatic rings. The largest absolute Gasteiger partial charge is 0.493 e. The Kier molecular flexibility index (Phi) is 14.0. The van der Waals surface area contributed by atoms with Crippen LogP contribution in [-0.4, -0.2) is 65.8 Å². The fourth-order valence-corrected chi connectivity index (χ4v) is 10.3. The number of furan rings is 1. The van der Waals surface area contributed by atoms with E-state index in [1.165, 1.54) is 12.1 Å². The van der Waals surface area contributed by atoms with Crippen LogP contribution in [0.15, 0.2) is 100 Å². The summed E-state index contributed by atoms with van der Waals surface area (Å²) in [6, 6.07) is 20.8. The number of ether oxygens (including phenoxy) is 2. The second-order valence-corrected chi connectivity index (χ2v) is 18.6. The van der Waals surface area contributed by atoms with Crippen molar-refractivity contribution >= 4 is 34.6 Å². The standard InChI is InChI=1S/C50H53ClF3NO7S/c1-31-7-5-21-48(2)40(19-22-49(48,59)30-55(23-20-36-8-6-24-63-36)46(57)28-33-11-16-43(60-3)45(27-33)61-4)37-14-10-32(25-35(56)13-9-31)26-38(37)47(58)44-18-17-42(62-44)39-29-34(50(52,53)54)12-15-41(39)51/h6-8,10-12,14-18,24,26-27,29,35,40,56,59H,5,9,13,19-23,25,28,30H2,1-4H3/t35-,40-,48-,49+/m0/s1. The van der Waals surface area contributed by atoms with E-state index in [-0.39, 0.29) is 46.9 Å². The van der Waals surface area contributed by atoms with Crippen LogP contribution in [-0.2, 0) is 30.2 Å². The highest BCUT2D eigenvalue weighted by Gasteiger charge is 2.57. The van der Waals surface area contributed by atoms with E-state index in [1.54, 1.807) is 48.7 Å². The number of aliphatic hydroxyl groups excluding tert-OH is 1. The Morgan fingerprint density at radius 3 is 2.51 bits per heavy atom. The second-order valence-electron chi connectivity index (χ2n) is 17.1. The lowest BCUT2D eigenvalue weighted by atomic mass is 9.64. The number of rotatable bonds is 12. The number of carbonyl (C=O) groups is 2. The van der Waals surface area contributed by atoms with Crippen LogP contribution in [0.1, 0.15) is 102 Å². The summed E-state index contributed by atoms with van der Waals surface area (Å²) in [5, 5.41) is 26.3. The number of halogens is 4. The van der Waals surface area contributed by atoms with Gasteiger partial charge in [-0.05, 0) is 141 Å². The minimum atomic E-state index is -4.62. The number of nitrogens with zero attached hydrogens (tertiary/aromatic N) is 1. The highest BCUT2D eigenvalue weighted by atomic mass is 35.5. The minimum Gasteiger partial charge on any atom is -0.493 e. The fourth-order valence-electron chi connectivity index (χ4n) is 9.41. The number of aliphatic hydroxyl groups is 2. The molecule has 0 spiro atoms. The van der Waals surface area contributed by atoms with Gasteiger partial charge in [0, 0.05) is 34.5 Å². The molecule has 334 valence electrons. The van der Waals surface area contributed by atoms with E-state index in [2.05, 4.69) is 13.0 Å². The average Bonchev–Trinajstić information content (AvgIpc) is 4.02. The summed E-state index contributed by atoms with van der Waals surface area (Å²) in [5.74, 6) is -0.0141. The molecule has 1 fully saturated rings. The maximum absolute atomic E-state index is 14.7. The first-order chi connectivity index (χ1) is 30.0. The van der Waals surface area contributed by atoms with Gasteiger partial charge in [0.2, 0.25) is 11.7 Å². The summed E-state index contributed by atoms with van der Waals surface area (Å²) in [4.78, 5) is 32.1. The smallest absolute Gasteiger partial charge is 0.416 e. The number of carbonyl (C=O) groups excluding carboxylic acids is 2. The molecule has 0 saturated heterocycles. The molecular weight excluding hydrogens is 851 g/mol. The van der Waals surface area contributed by atoms with Crippen LogP contribution >= 0.6 is 22.9 Å². The van der Waals surface area contributed by atoms with Crippen LogP contribution in [0.4, 0.5) is 13.2 Å². The normalized spacial score (nSPS) is 21.7. The number of allylic oxidation sites excluding steroid dienone is 2. The maximum Gasteiger partial charge on any atom is 0.416 e. The van der Waals surface area contributed by atoms with E-state index < -0.39 is 34.6 Å². The molecule has 2 N–H and O–H groups in total. The fraction of sp³-hybridized carbons (Fsp3) is 0.400. The molecule has 4 atom stereocenters. The zero-order valence-electron chi connectivity index (χ0n) is 35.9. The first-order valence-corrected chi connectivity index (χ1v) is 22.5. The van der Waals surface area contributed by atoms with E-state index in [9.17, 15) is 33.0 Å². The number of amides is 1. The molecule has 8 nitrogen and oxygen atoms in total. The summed E-state index contributed by atoms with van der Waals surface area (Å²) < 4.78 is 58.0. The summed E-state index contributed by atoms with van der Waals surface area (Å²) in [7, 11) is 3.10. The lowest BCUT2D eigenvalue weighted by Crippen LogP contribution is -2.54. The van der Waals surface area contributed by atoms with Gasteiger partial charge < -0.3 is 29.0 Å². The van der Waals surface area contributed by atoms with Gasteiger partial charge in [0.15, 0.2) is 17.3 Å². The van der Waals surface area contributed by atoms with Crippen molar-refractivity contribution in [2.45, 2.75) is 95.4 Å². The first-order valence-electron chi connectivity index (χ1n) is 21.2. The van der Waals surface area contributed by atoms with Crippen molar-refractivity contribution in [3.8, 4) is 22.8 Å². The van der Waals surface area contributed by atoms with Crippen LogP contribution in [0.2, 0.25) is 5.02 Å². The Labute approximate surface area is 375 Å². The third-order valence-corrected chi connectivity index (χ3v) is 14.4. The number of methoxy groups -OCH3 is 2. The Morgan fingerprint density at radius 1 is 0.984 bits per heavy atom. The van der Waals surface area contributed by atoms with Gasteiger partial charge in [0.05, 0.1) is 42.9 Å². The predicted octanol–water partition coefficient (Wildman–Crippen LogP) is 11.3. The lowest BCUT2D eigenvalue weighted by Gasteiger charge is -2.46. The number of benzene rings is 3. The number of thiophene rings is 1. The van der Waals surface area contributed by atoms with Crippen LogP contribution in [0.5, 0.6) is 11.5 Å². The van der Waals surface area contributed by atoms with Crippen molar-refractivity contribution in [3.05, 3.63) is 139 Å². The lowest BCUT2D eigenvalue weighted by molar-refractivity contribution is -0.139. The van der Waals surface area contributed by atoms with E-state index in [4.69, 9.17) is 25.5 Å². The van der Waals surface area contributed by atoms with Gasteiger partial charge in [-0.15, -0.1) is 11.3 Å². The van der Waals surface area contributed by atoms with Crippen molar-refractivity contribution in [1.82, 2.24) is 4.90 Å². The quantitative estimate of drug-likeness (QED) is 0.0948. The summed E-state index contributed by atoms with van der Waals surface area (Å²) in [5.41, 5.74) is 0.472. The molecule has 0 unspecified atom stereocenters. The third kappa shape index (κ3) is 10.1. The van der Waals surface area contributed by atoms with Gasteiger partial charge in [-0.3, -0.25) is 9.59 Å². The topological polar surface area (TPSA) is 109 Å². The van der Waals surface area contributed by atoms with Gasteiger partial charge in [0.1, 0.15) is 5.76 Å². The van der Waals surface area contributed by atoms with E-state index in [0.717, 1.165) is 39.8 Å². The van der Waals surface area contributed by atoms with Crippen LogP contribution in [0.25, 0.3) is 11.3 Å². The Morgan fingerprint density at radius 2 is 1.78 bits per heavy atom. The number of hydrogen-bond donors (Lipinski definition) is 2. The summed E-state index contributed by atoms with van der Waals surface area (Å²) >= 11 is 7.98. The molecule has 1 amide bonds. The molecule has 13 heteroatoms. The second kappa shape index (κ2) is 19.1. The Balaban J connectivity index is 1.27. The van der Waals surface area contributed by atoms with Gasteiger partial charge in [-0.1, -0.05) is 54.4 Å². The molecule has 3 aliphatic carbocycles. The number of hydrogen-bond acceptors (Lipinski definition) is 8. The molecule has 3 aliphatic rings. The number of fused-ring (bicyclic) bond motifs is 8. The molecule has 2 bridgehead atoms. The molecule has 63 heavy (non-hydrogen) atoms. The van der Waals surface area contributed by atoms with Crippen molar-refractivity contribution in [3.63, 3.8) is 0 Å². The van der Waals surface area contributed by atoms with Crippen LogP contribution < -0.4 is 9.47 Å². The highest BCUT2D eigenvalue weighted by molar-refractivity contribution is 7.09. The molecular formula is C50H53ClF3NO7S. The maximum atomic E-state index is 14.7. The minimum absolute atomic E-state index is 0.00168. The molecule has 0 aliphatic heterocycles. The van der Waals surface area contributed by atoms with E-state index >= 15 is 0 Å². The average molecular weight is 904 g/mol. The zero-order valence-corrected chi connectivity index (χ0v) is 37.5. The van der Waals surface area contributed by atoms with E-state index in [0.29, 0.717) is 80.5 Å². The monoisotopic (exact) mass is 903 g/mol. The Hall–Kier alpha value is -4.88. The van der Waals surface area contributed by atoms with Gasteiger partial charge in [-0.2, -0.15) is 13.2 Å². The molecule has 0 radical (unpaired) electrons. The van der Waals surface area contributed by atoms with Crippen molar-refractivity contribution in [1.29, 1.82) is 0 Å². The van der Waals surface area contributed by atoms with Gasteiger partial charge in [0.25, 0.3) is 0 Å². The van der Waals surface area contributed by atoms with Crippen LogP contribution in [0, 0.1) is 5.41 Å². The van der Waals surface area contributed by atoms with Gasteiger partial charge in [-0.25, -0.2) is 0 Å². The Bertz CT molecular complexity index is 2460. The third-order valence-electron chi connectivity index (χ3n) is 13.1. The van der Waals surface area contributed by atoms with Gasteiger partial charge >= 0.3 is 6.18 Å². The zero-order chi connectivity index (χ0) is 45.1. The molecule has 2 heterocycles. The predicted molar refractivity (Wildman–Crippen MR) is 239 cm³/mol. The highest BCUT2D eigenvalue weighted by Crippen LogP contribution is 2.59. The summed E-state index contributed by atoms with van der Waals surface area (Å²) in [6.45, 7) is 4.55. The van der Waals surface area contributed by atoms with Crippen molar-refractivity contribution in [2.75, 3.05) is 27.3 Å². The SMILES string of the molecule is COc1ccc(CC(=O)N(CCc2cccs2)C[C@]2(O)CC[C@H]3c4ccc(cc4C(=O)c4ccc(-c5cc(C(F)(F)F)ccc5Cl)o4)C[C@@H](O)CCC(C)=CCC[C@@]32C)cc1OC.